The van der Waals surface area contributed by atoms with Crippen LogP contribution in [0.4, 0.5) is 19.1 Å². The average Bonchev–Trinajstić information content (AvgIpc) is 3.35. The van der Waals surface area contributed by atoms with E-state index in [1.807, 2.05) is 29.0 Å². The van der Waals surface area contributed by atoms with Gasteiger partial charge in [-0.25, -0.2) is 9.78 Å². The Kier molecular flexibility index (Phi) is 7.26. The third-order valence-electron chi connectivity index (χ3n) is 4.58. The van der Waals surface area contributed by atoms with E-state index < -0.39 is 12.1 Å². The summed E-state index contributed by atoms with van der Waals surface area (Å²) in [6.45, 7) is 2.61. The number of carbonyl (C=O) groups excluding carboxylic acids is 1. The van der Waals surface area contributed by atoms with Crippen LogP contribution in [0.3, 0.4) is 0 Å². The number of carboxylic acids is 1. The number of alkyl halides is 3. The number of amides is 1. The molecule has 4 heterocycles. The van der Waals surface area contributed by atoms with Gasteiger partial charge in [0.25, 0.3) is 5.91 Å². The van der Waals surface area contributed by atoms with Crippen molar-refractivity contribution in [2.75, 3.05) is 18.9 Å². The van der Waals surface area contributed by atoms with E-state index in [9.17, 15) is 18.0 Å². The molecule has 2 N–H and O–H groups in total. The van der Waals surface area contributed by atoms with Crippen LogP contribution in [0.25, 0.3) is 0 Å². The van der Waals surface area contributed by atoms with Crippen molar-refractivity contribution in [2.24, 2.45) is 0 Å². The number of carbonyl (C=O) groups is 2. The number of thiophene rings is 1. The largest absolute Gasteiger partial charge is 0.490 e. The number of carboxylic acid groups (broad SMARTS) is 1. The minimum absolute atomic E-state index is 0.0933. The number of pyridine rings is 1. The summed E-state index contributed by atoms with van der Waals surface area (Å²) in [4.78, 5) is 34.2. The number of aromatic nitrogens is 3. The summed E-state index contributed by atoms with van der Waals surface area (Å²) >= 11 is 1.58. The van der Waals surface area contributed by atoms with Crippen LogP contribution >= 0.6 is 11.3 Å². The summed E-state index contributed by atoms with van der Waals surface area (Å²) in [5.41, 5.74) is 2.41. The van der Waals surface area contributed by atoms with Crippen molar-refractivity contribution in [3.63, 3.8) is 0 Å². The molecule has 8 nitrogen and oxygen atoms in total. The fourth-order valence-electron chi connectivity index (χ4n) is 2.97. The Morgan fingerprint density at radius 3 is 2.59 bits per heavy atom. The lowest BCUT2D eigenvalue weighted by atomic mass is 10.1. The molecule has 0 bridgehead atoms. The zero-order chi connectivity index (χ0) is 23.3. The fourth-order valence-corrected chi connectivity index (χ4v) is 4.16. The van der Waals surface area contributed by atoms with Crippen LogP contribution in [0.15, 0.2) is 43.0 Å². The molecule has 0 spiro atoms. The van der Waals surface area contributed by atoms with Gasteiger partial charge in [-0.1, -0.05) is 0 Å². The lowest BCUT2D eigenvalue weighted by molar-refractivity contribution is -0.192. The number of anilines is 1. The molecule has 32 heavy (non-hydrogen) atoms. The van der Waals surface area contributed by atoms with Gasteiger partial charge in [0.2, 0.25) is 5.95 Å². The van der Waals surface area contributed by atoms with E-state index in [1.54, 1.807) is 29.9 Å². The zero-order valence-electron chi connectivity index (χ0n) is 17.0. The first-order chi connectivity index (χ1) is 15.1. The van der Waals surface area contributed by atoms with Crippen molar-refractivity contribution in [2.45, 2.75) is 25.7 Å². The highest BCUT2D eigenvalue weighted by atomic mass is 32.1. The van der Waals surface area contributed by atoms with Gasteiger partial charge in [0.05, 0.1) is 11.4 Å². The molecule has 0 aliphatic carbocycles. The predicted octanol–water partition coefficient (Wildman–Crippen LogP) is 3.26. The number of imidazole rings is 1. The van der Waals surface area contributed by atoms with Gasteiger partial charge in [0.1, 0.15) is 0 Å². The van der Waals surface area contributed by atoms with Crippen molar-refractivity contribution < 1.29 is 27.9 Å². The SMILES string of the molecule is CN1CCc2cc(C(=O)Nc3nccn3Cc3ccncc3)sc2C1.O=C(O)C(F)(F)F. The van der Waals surface area contributed by atoms with Crippen molar-refractivity contribution >= 4 is 29.2 Å². The van der Waals surface area contributed by atoms with E-state index in [0.29, 0.717) is 12.5 Å². The molecule has 0 saturated heterocycles. The Morgan fingerprint density at radius 2 is 1.94 bits per heavy atom. The number of hydrogen-bond donors (Lipinski definition) is 2. The van der Waals surface area contributed by atoms with Gasteiger partial charge < -0.3 is 14.6 Å². The van der Waals surface area contributed by atoms with Gasteiger partial charge in [-0.15, -0.1) is 11.3 Å². The predicted molar refractivity (Wildman–Crippen MR) is 112 cm³/mol. The molecule has 0 saturated carbocycles. The first kappa shape index (κ1) is 23.4. The monoisotopic (exact) mass is 467 g/mol. The number of nitrogens with one attached hydrogen (secondary N) is 1. The fraction of sp³-hybridized carbons (Fsp3) is 0.300. The second-order valence-electron chi connectivity index (χ2n) is 7.04. The first-order valence-electron chi connectivity index (χ1n) is 9.45. The van der Waals surface area contributed by atoms with E-state index in [4.69, 9.17) is 9.90 Å². The molecule has 3 aromatic heterocycles. The smallest absolute Gasteiger partial charge is 0.475 e. The number of hydrogen-bond acceptors (Lipinski definition) is 6. The van der Waals surface area contributed by atoms with Crippen LogP contribution in [-0.4, -0.2) is 56.2 Å². The summed E-state index contributed by atoms with van der Waals surface area (Å²) in [6, 6.07) is 5.93. The number of likely N-dealkylation sites (N-methyl/N-ethyl adjacent to an activating group) is 1. The quantitative estimate of drug-likeness (QED) is 0.611. The standard InChI is InChI=1S/C18H19N5OS.C2HF3O2/c1-22-8-4-14-10-15(25-16(14)12-22)17(24)21-18-20-7-9-23(18)11-13-2-5-19-6-3-13;3-2(4,5)1(6)7/h2-3,5-7,9-10H,4,8,11-12H2,1H3,(H,20,21,24);(H,6,7). The van der Waals surface area contributed by atoms with E-state index >= 15 is 0 Å². The number of rotatable bonds is 4. The summed E-state index contributed by atoms with van der Waals surface area (Å²) < 4.78 is 33.7. The molecule has 12 heteroatoms. The van der Waals surface area contributed by atoms with Crippen LogP contribution < -0.4 is 5.32 Å². The molecule has 3 aromatic rings. The van der Waals surface area contributed by atoms with Gasteiger partial charge >= 0.3 is 12.1 Å². The minimum atomic E-state index is -5.08. The second kappa shape index (κ2) is 9.92. The summed E-state index contributed by atoms with van der Waals surface area (Å²) in [5, 5.41) is 10.1. The third kappa shape index (κ3) is 6.14. The van der Waals surface area contributed by atoms with Gasteiger partial charge in [0.15, 0.2) is 0 Å². The molecule has 170 valence electrons. The Balaban J connectivity index is 0.000000360. The molecular weight excluding hydrogens is 447 g/mol. The maximum atomic E-state index is 12.6. The van der Waals surface area contributed by atoms with Crippen LogP contribution in [-0.2, 0) is 24.3 Å². The first-order valence-corrected chi connectivity index (χ1v) is 10.3. The second-order valence-corrected chi connectivity index (χ2v) is 8.17. The van der Waals surface area contributed by atoms with Crippen molar-refractivity contribution in [3.8, 4) is 0 Å². The van der Waals surface area contributed by atoms with Crippen LogP contribution in [0, 0.1) is 0 Å². The highest BCUT2D eigenvalue weighted by Crippen LogP contribution is 2.28. The zero-order valence-corrected chi connectivity index (χ0v) is 17.8. The molecule has 0 radical (unpaired) electrons. The Labute approximate surface area is 185 Å². The highest BCUT2D eigenvalue weighted by Gasteiger charge is 2.38. The normalized spacial score (nSPS) is 13.6. The van der Waals surface area contributed by atoms with E-state index in [2.05, 4.69) is 27.2 Å². The molecule has 4 rings (SSSR count). The van der Waals surface area contributed by atoms with Crippen molar-refractivity contribution in [3.05, 3.63) is 63.9 Å². The Hall–Kier alpha value is -3.25. The molecule has 1 amide bonds. The molecule has 0 atom stereocenters. The number of halogens is 3. The topological polar surface area (TPSA) is 100 Å². The summed E-state index contributed by atoms with van der Waals surface area (Å²) in [6.07, 6.45) is 3.01. The maximum absolute atomic E-state index is 12.6. The maximum Gasteiger partial charge on any atom is 0.490 e. The number of aliphatic carboxylic acids is 1. The van der Waals surface area contributed by atoms with Gasteiger partial charge in [-0.05, 0) is 42.8 Å². The van der Waals surface area contributed by atoms with Crippen LogP contribution in [0.5, 0.6) is 0 Å². The van der Waals surface area contributed by atoms with Gasteiger partial charge in [-0.2, -0.15) is 13.2 Å². The van der Waals surface area contributed by atoms with Gasteiger partial charge in [-0.3, -0.25) is 15.1 Å². The van der Waals surface area contributed by atoms with Crippen molar-refractivity contribution in [1.29, 1.82) is 0 Å². The molecular formula is C20H20F3N5O3S. The molecule has 1 aliphatic rings. The van der Waals surface area contributed by atoms with Crippen molar-refractivity contribution in [1.82, 2.24) is 19.4 Å². The van der Waals surface area contributed by atoms with Crippen LogP contribution in [0.1, 0.15) is 25.7 Å². The van der Waals surface area contributed by atoms with E-state index in [1.165, 1.54) is 10.4 Å². The minimum Gasteiger partial charge on any atom is -0.475 e. The van der Waals surface area contributed by atoms with E-state index in [0.717, 1.165) is 30.0 Å². The lowest BCUT2D eigenvalue weighted by Crippen LogP contribution is -2.24. The highest BCUT2D eigenvalue weighted by molar-refractivity contribution is 7.14. The van der Waals surface area contributed by atoms with Gasteiger partial charge in [0, 0.05) is 42.8 Å². The molecule has 0 aromatic carbocycles. The summed E-state index contributed by atoms with van der Waals surface area (Å²) in [5.74, 6) is -2.29. The number of fused-ring (bicyclic) bond motifs is 1. The summed E-state index contributed by atoms with van der Waals surface area (Å²) in [7, 11) is 2.11. The lowest BCUT2D eigenvalue weighted by Gasteiger charge is -2.21. The third-order valence-corrected chi connectivity index (χ3v) is 5.74. The average molecular weight is 467 g/mol. The Bertz CT molecular complexity index is 1080. The molecule has 0 fully saturated rings. The molecule has 0 unspecified atom stereocenters. The Morgan fingerprint density at radius 1 is 1.25 bits per heavy atom. The van der Waals surface area contributed by atoms with Crippen LogP contribution in [0.2, 0.25) is 0 Å². The molecule has 1 aliphatic heterocycles. The number of nitrogens with zero attached hydrogens (tertiary/aromatic N) is 4. The van der Waals surface area contributed by atoms with E-state index in [-0.39, 0.29) is 5.91 Å².